The molecule has 0 aliphatic carbocycles. The molecule has 2 N–H and O–H groups in total. The maximum atomic E-state index is 12.3. The van der Waals surface area contributed by atoms with Crippen molar-refractivity contribution in [2.75, 3.05) is 18.6 Å². The van der Waals surface area contributed by atoms with Gasteiger partial charge in [-0.15, -0.1) is 12.6 Å². The molecule has 1 heterocycles. The Hall–Kier alpha value is -1.66. The van der Waals surface area contributed by atoms with E-state index >= 15 is 0 Å². The van der Waals surface area contributed by atoms with Gasteiger partial charge in [-0.3, -0.25) is 4.79 Å². The molecule has 0 atom stereocenters. The van der Waals surface area contributed by atoms with E-state index in [4.69, 9.17) is 0 Å². The maximum absolute atomic E-state index is 12.3. The summed E-state index contributed by atoms with van der Waals surface area (Å²) in [6, 6.07) is 10.2. The van der Waals surface area contributed by atoms with Gasteiger partial charge in [-0.05, 0) is 30.7 Å². The highest BCUT2D eigenvalue weighted by atomic mass is 32.2. The monoisotopic (exact) mass is 375 g/mol. The smallest absolute Gasteiger partial charge is 0.276 e. The molecule has 6 heteroatoms. The Morgan fingerprint density at radius 2 is 2.04 bits per heavy atom. The Bertz CT molecular complexity index is 757. The molecule has 0 aliphatic heterocycles. The maximum Gasteiger partial charge on any atom is 0.276 e. The number of nitrogens with zero attached hydrogens (tertiary/aromatic N) is 1. The van der Waals surface area contributed by atoms with Gasteiger partial charge in [-0.1, -0.05) is 30.3 Å². The summed E-state index contributed by atoms with van der Waals surface area (Å²) in [4.78, 5) is 19.9. The quantitative estimate of drug-likeness (QED) is 0.466. The van der Waals surface area contributed by atoms with Crippen LogP contribution in [-0.4, -0.2) is 28.5 Å². The normalized spacial score (nSPS) is 11.6. The largest absolute Gasteiger partial charge is 0.390 e. The molecular formula is C19H25N3OS2. The Balaban J connectivity index is 1.92. The highest BCUT2D eigenvalue weighted by molar-refractivity contribution is 7.99. The summed E-state index contributed by atoms with van der Waals surface area (Å²) in [5.74, 6) is 2.54. The van der Waals surface area contributed by atoms with E-state index in [1.54, 1.807) is 17.2 Å². The van der Waals surface area contributed by atoms with E-state index in [1.165, 1.54) is 5.56 Å². The number of aromatic amines is 1. The summed E-state index contributed by atoms with van der Waals surface area (Å²) in [7, 11) is 1.89. The molecule has 0 unspecified atom stereocenters. The lowest BCUT2D eigenvalue weighted by Gasteiger charge is -2.09. The minimum absolute atomic E-state index is 0.0988. The predicted molar refractivity (Wildman–Crippen MR) is 111 cm³/mol. The second-order valence-electron chi connectivity index (χ2n) is 5.78. The average molecular weight is 376 g/mol. The van der Waals surface area contributed by atoms with Gasteiger partial charge in [0.15, 0.2) is 0 Å². The molecule has 1 aromatic heterocycles. The van der Waals surface area contributed by atoms with Gasteiger partial charge in [-0.2, -0.15) is 16.7 Å². The molecule has 25 heavy (non-hydrogen) atoms. The van der Waals surface area contributed by atoms with Crippen LogP contribution in [0.2, 0.25) is 0 Å². The van der Waals surface area contributed by atoms with Crippen LogP contribution < -0.4 is 10.9 Å². The van der Waals surface area contributed by atoms with Crippen LogP contribution >= 0.6 is 24.4 Å². The van der Waals surface area contributed by atoms with E-state index in [0.717, 1.165) is 47.1 Å². The summed E-state index contributed by atoms with van der Waals surface area (Å²) >= 11 is 5.94. The first kappa shape index (κ1) is 19.7. The zero-order valence-corrected chi connectivity index (χ0v) is 16.4. The molecule has 1 aromatic carbocycles. The number of aryl methyl sites for hydroxylation is 3. The topological polar surface area (TPSA) is 57.8 Å². The summed E-state index contributed by atoms with van der Waals surface area (Å²) in [5.41, 5.74) is 3.94. The fourth-order valence-corrected chi connectivity index (χ4v) is 3.80. The molecule has 0 fully saturated rings. The third kappa shape index (κ3) is 6.29. The number of aromatic nitrogens is 2. The van der Waals surface area contributed by atoms with Gasteiger partial charge in [0.2, 0.25) is 0 Å². The van der Waals surface area contributed by atoms with Crippen LogP contribution in [0, 0.1) is 6.92 Å². The van der Waals surface area contributed by atoms with Crippen molar-refractivity contribution in [3.8, 4) is 0 Å². The number of hydrogen-bond donors (Lipinski definition) is 3. The highest BCUT2D eigenvalue weighted by Crippen LogP contribution is 2.10. The first-order valence-electron chi connectivity index (χ1n) is 8.35. The molecule has 134 valence electrons. The van der Waals surface area contributed by atoms with Crippen LogP contribution in [0.4, 0.5) is 0 Å². The zero-order chi connectivity index (χ0) is 18.1. The van der Waals surface area contributed by atoms with Crippen LogP contribution in [0.1, 0.15) is 22.6 Å². The Kier molecular flexibility index (Phi) is 8.15. The number of hydrogen-bond acceptors (Lipinski definition) is 5. The van der Waals surface area contributed by atoms with Gasteiger partial charge in [-0.25, -0.2) is 0 Å². The molecule has 0 spiro atoms. The van der Waals surface area contributed by atoms with Gasteiger partial charge in [0.05, 0.1) is 0 Å². The van der Waals surface area contributed by atoms with Crippen molar-refractivity contribution in [3.05, 3.63) is 74.4 Å². The summed E-state index contributed by atoms with van der Waals surface area (Å²) in [6.45, 7) is 1.96. The van der Waals surface area contributed by atoms with Gasteiger partial charge < -0.3 is 10.3 Å². The molecule has 2 rings (SSSR count). The lowest BCUT2D eigenvalue weighted by atomic mass is 10.0. The molecule has 0 amide bonds. The number of rotatable bonds is 9. The standard InChI is InChI=1S/C19H25N3OS2/c1-14-17(9-8-15-6-4-3-5-7-15)19(23)22-18(21-14)10-11-25-13-16(12-24)20-2/h3-7,12,20,24H,8-11,13H2,1-2H3,(H,21,22,23)/b16-12-. The second kappa shape index (κ2) is 10.4. The second-order valence-corrected chi connectivity index (χ2v) is 7.15. The lowest BCUT2D eigenvalue weighted by Crippen LogP contribution is -2.20. The molecule has 0 saturated heterocycles. The van der Waals surface area contributed by atoms with Crippen LogP contribution in [-0.2, 0) is 19.3 Å². The van der Waals surface area contributed by atoms with Crippen molar-refractivity contribution < 1.29 is 0 Å². The molecular weight excluding hydrogens is 350 g/mol. The summed E-state index contributed by atoms with van der Waals surface area (Å²) in [5, 5.41) is 4.87. The number of nitrogens with one attached hydrogen (secondary N) is 2. The SMILES string of the molecule is CN/C(=C\S)CSCCc1nc(=O)c(CCc2ccccc2)c(C)[nH]1. The highest BCUT2D eigenvalue weighted by Gasteiger charge is 2.08. The molecule has 4 nitrogen and oxygen atoms in total. The minimum atomic E-state index is -0.0988. The van der Waals surface area contributed by atoms with E-state index < -0.39 is 0 Å². The third-order valence-electron chi connectivity index (χ3n) is 4.00. The van der Waals surface area contributed by atoms with Gasteiger partial charge in [0, 0.05) is 41.9 Å². The van der Waals surface area contributed by atoms with Crippen molar-refractivity contribution in [2.24, 2.45) is 0 Å². The van der Waals surface area contributed by atoms with Crippen LogP contribution in [0.5, 0.6) is 0 Å². The summed E-state index contributed by atoms with van der Waals surface area (Å²) < 4.78 is 0. The zero-order valence-electron chi connectivity index (χ0n) is 14.7. The van der Waals surface area contributed by atoms with Crippen molar-refractivity contribution in [1.82, 2.24) is 15.3 Å². The number of thiol groups is 1. The number of benzene rings is 1. The molecule has 2 aromatic rings. The summed E-state index contributed by atoms with van der Waals surface area (Å²) in [6.07, 6.45) is 2.32. The van der Waals surface area contributed by atoms with Crippen molar-refractivity contribution >= 4 is 24.4 Å². The predicted octanol–water partition coefficient (Wildman–Crippen LogP) is 3.13. The van der Waals surface area contributed by atoms with Crippen molar-refractivity contribution in [3.63, 3.8) is 0 Å². The van der Waals surface area contributed by atoms with Gasteiger partial charge in [0.25, 0.3) is 5.56 Å². The average Bonchev–Trinajstić information content (AvgIpc) is 2.62. The molecule has 0 bridgehead atoms. The molecule has 0 aliphatic rings. The Morgan fingerprint density at radius 1 is 1.28 bits per heavy atom. The van der Waals surface area contributed by atoms with Crippen LogP contribution in [0.25, 0.3) is 0 Å². The van der Waals surface area contributed by atoms with Gasteiger partial charge in [0.1, 0.15) is 5.82 Å². The fraction of sp³-hybridized carbons (Fsp3) is 0.368. The third-order valence-corrected chi connectivity index (χ3v) is 5.32. The number of H-pyrrole nitrogens is 1. The molecule has 0 radical (unpaired) electrons. The van der Waals surface area contributed by atoms with E-state index in [1.807, 2.05) is 32.2 Å². The van der Waals surface area contributed by atoms with E-state index in [2.05, 4.69) is 40.0 Å². The van der Waals surface area contributed by atoms with Crippen LogP contribution in [0.3, 0.4) is 0 Å². The first-order valence-corrected chi connectivity index (χ1v) is 10.0. The fourth-order valence-electron chi connectivity index (χ4n) is 2.52. The Labute approximate surface area is 159 Å². The van der Waals surface area contributed by atoms with E-state index in [0.29, 0.717) is 6.42 Å². The number of thioether (sulfide) groups is 1. The van der Waals surface area contributed by atoms with Crippen molar-refractivity contribution in [2.45, 2.75) is 26.2 Å². The lowest BCUT2D eigenvalue weighted by molar-refractivity contribution is 0.840. The first-order chi connectivity index (χ1) is 12.1. The van der Waals surface area contributed by atoms with E-state index in [-0.39, 0.29) is 5.56 Å². The minimum Gasteiger partial charge on any atom is -0.390 e. The molecule has 0 saturated carbocycles. The van der Waals surface area contributed by atoms with E-state index in [9.17, 15) is 4.79 Å². The Morgan fingerprint density at radius 3 is 2.68 bits per heavy atom. The van der Waals surface area contributed by atoms with Gasteiger partial charge >= 0.3 is 0 Å². The van der Waals surface area contributed by atoms with Crippen molar-refractivity contribution in [1.29, 1.82) is 0 Å². The van der Waals surface area contributed by atoms with Crippen LogP contribution in [0.15, 0.2) is 46.2 Å².